The van der Waals surface area contributed by atoms with Crippen LogP contribution in [0.3, 0.4) is 0 Å². The van der Waals surface area contributed by atoms with Gasteiger partial charge in [0.2, 0.25) is 0 Å². The number of amides is 1. The van der Waals surface area contributed by atoms with Gasteiger partial charge in [-0.15, -0.1) is 0 Å². The topological polar surface area (TPSA) is 41.6 Å². The van der Waals surface area contributed by atoms with Gasteiger partial charge in [0.1, 0.15) is 5.60 Å². The number of nitrogens with zero attached hydrogens (tertiary/aromatic N) is 1. The van der Waals surface area contributed by atoms with Gasteiger partial charge < -0.3 is 15.0 Å². The third-order valence-corrected chi connectivity index (χ3v) is 4.59. The van der Waals surface area contributed by atoms with E-state index in [0.29, 0.717) is 12.6 Å². The van der Waals surface area contributed by atoms with Crippen molar-refractivity contribution in [1.82, 2.24) is 10.2 Å². The van der Waals surface area contributed by atoms with E-state index in [-0.39, 0.29) is 6.09 Å². The zero-order chi connectivity index (χ0) is 16.2. The van der Waals surface area contributed by atoms with E-state index >= 15 is 0 Å². The minimum absolute atomic E-state index is 0.197. The van der Waals surface area contributed by atoms with Gasteiger partial charge in [-0.05, 0) is 58.8 Å². The van der Waals surface area contributed by atoms with Crippen LogP contribution in [0.15, 0.2) is 11.6 Å². The van der Waals surface area contributed by atoms with Crippen LogP contribution in [-0.2, 0) is 4.74 Å². The van der Waals surface area contributed by atoms with Gasteiger partial charge >= 0.3 is 6.09 Å². The molecule has 0 aromatic carbocycles. The summed E-state index contributed by atoms with van der Waals surface area (Å²) >= 11 is 0. The van der Waals surface area contributed by atoms with Crippen LogP contribution in [0.1, 0.15) is 59.8 Å². The highest BCUT2D eigenvalue weighted by atomic mass is 16.6. The van der Waals surface area contributed by atoms with E-state index in [9.17, 15) is 4.79 Å². The van der Waals surface area contributed by atoms with Gasteiger partial charge in [-0.1, -0.05) is 18.6 Å². The quantitative estimate of drug-likeness (QED) is 0.808. The Kier molecular flexibility index (Phi) is 5.90. The van der Waals surface area contributed by atoms with E-state index in [0.717, 1.165) is 25.4 Å². The average molecular weight is 308 g/mol. The van der Waals surface area contributed by atoms with E-state index in [2.05, 4.69) is 18.3 Å². The maximum Gasteiger partial charge on any atom is 0.410 e. The van der Waals surface area contributed by atoms with Crippen molar-refractivity contribution in [2.75, 3.05) is 19.6 Å². The van der Waals surface area contributed by atoms with Gasteiger partial charge in [0.05, 0.1) is 0 Å². The maximum atomic E-state index is 12.0. The summed E-state index contributed by atoms with van der Waals surface area (Å²) in [5, 5.41) is 3.69. The molecule has 0 atom stereocenters. The Labute approximate surface area is 135 Å². The normalized spacial score (nSPS) is 26.5. The average Bonchev–Trinajstić information content (AvgIpc) is 2.45. The first-order valence-corrected chi connectivity index (χ1v) is 8.73. The molecule has 1 N–H and O–H groups in total. The minimum atomic E-state index is -0.416. The molecule has 2 rings (SSSR count). The van der Waals surface area contributed by atoms with Crippen molar-refractivity contribution < 1.29 is 9.53 Å². The summed E-state index contributed by atoms with van der Waals surface area (Å²) in [6.07, 6.45) is 8.25. The molecule has 0 aromatic heterocycles. The van der Waals surface area contributed by atoms with Crippen LogP contribution >= 0.6 is 0 Å². The molecule has 4 nitrogen and oxygen atoms in total. The SMILES string of the molecule is CC1CCC(NCC2=CCN(C(=O)OC(C)(C)C)CC2)CC1. The van der Waals surface area contributed by atoms with Crippen molar-refractivity contribution >= 4 is 6.09 Å². The van der Waals surface area contributed by atoms with Crippen molar-refractivity contribution in [3.05, 3.63) is 11.6 Å². The second-order valence-corrected chi connectivity index (χ2v) is 7.88. The number of rotatable bonds is 3. The Balaban J connectivity index is 1.71. The fraction of sp³-hybridized carbons (Fsp3) is 0.833. The largest absolute Gasteiger partial charge is 0.444 e. The molecule has 126 valence electrons. The summed E-state index contributed by atoms with van der Waals surface area (Å²) in [7, 11) is 0. The summed E-state index contributed by atoms with van der Waals surface area (Å²) in [6, 6.07) is 0.681. The molecule has 1 fully saturated rings. The molecule has 0 aromatic rings. The lowest BCUT2D eigenvalue weighted by Gasteiger charge is -2.31. The first kappa shape index (κ1) is 17.3. The molecule has 0 radical (unpaired) electrons. The predicted octanol–water partition coefficient (Wildman–Crippen LogP) is 3.72. The molecule has 1 aliphatic carbocycles. The Hall–Kier alpha value is -1.03. The van der Waals surface area contributed by atoms with E-state index in [1.165, 1.54) is 31.3 Å². The molecule has 1 aliphatic heterocycles. The number of hydrogen-bond acceptors (Lipinski definition) is 3. The summed E-state index contributed by atoms with van der Waals surface area (Å²) < 4.78 is 5.42. The summed E-state index contributed by atoms with van der Waals surface area (Å²) in [6.45, 7) is 10.5. The van der Waals surface area contributed by atoms with Crippen molar-refractivity contribution in [2.45, 2.75) is 71.4 Å². The molecule has 1 amide bonds. The number of ether oxygens (including phenoxy) is 1. The molecule has 1 saturated carbocycles. The molecule has 22 heavy (non-hydrogen) atoms. The zero-order valence-corrected chi connectivity index (χ0v) is 14.7. The summed E-state index contributed by atoms with van der Waals surface area (Å²) in [4.78, 5) is 13.8. The second-order valence-electron chi connectivity index (χ2n) is 7.88. The van der Waals surface area contributed by atoms with Crippen molar-refractivity contribution in [1.29, 1.82) is 0 Å². The second kappa shape index (κ2) is 7.49. The van der Waals surface area contributed by atoms with Crippen LogP contribution in [0.4, 0.5) is 4.79 Å². The van der Waals surface area contributed by atoms with E-state index in [1.54, 1.807) is 4.90 Å². The van der Waals surface area contributed by atoms with E-state index < -0.39 is 5.60 Å². The Morgan fingerprint density at radius 1 is 1.32 bits per heavy atom. The third-order valence-electron chi connectivity index (χ3n) is 4.59. The molecular weight excluding hydrogens is 276 g/mol. The predicted molar refractivity (Wildman–Crippen MR) is 89.9 cm³/mol. The highest BCUT2D eigenvalue weighted by Gasteiger charge is 2.24. The lowest BCUT2D eigenvalue weighted by Crippen LogP contribution is -2.40. The van der Waals surface area contributed by atoms with Crippen LogP contribution in [-0.4, -0.2) is 42.3 Å². The van der Waals surface area contributed by atoms with Gasteiger partial charge in [0.25, 0.3) is 0 Å². The lowest BCUT2D eigenvalue weighted by molar-refractivity contribution is 0.0265. The monoisotopic (exact) mass is 308 g/mol. The van der Waals surface area contributed by atoms with Crippen LogP contribution in [0, 0.1) is 5.92 Å². The zero-order valence-electron chi connectivity index (χ0n) is 14.7. The molecule has 0 bridgehead atoms. The highest BCUT2D eigenvalue weighted by molar-refractivity contribution is 5.68. The summed E-state index contributed by atoms with van der Waals surface area (Å²) in [5.74, 6) is 0.898. The molecule has 0 unspecified atom stereocenters. The smallest absolute Gasteiger partial charge is 0.410 e. The van der Waals surface area contributed by atoms with Crippen LogP contribution < -0.4 is 5.32 Å². The van der Waals surface area contributed by atoms with Gasteiger partial charge in [-0.2, -0.15) is 0 Å². The van der Waals surface area contributed by atoms with Gasteiger partial charge in [-0.3, -0.25) is 0 Å². The third kappa shape index (κ3) is 5.64. The Bertz CT molecular complexity index is 404. The molecule has 0 saturated heterocycles. The van der Waals surface area contributed by atoms with E-state index in [4.69, 9.17) is 4.74 Å². The molecule has 0 spiro atoms. The van der Waals surface area contributed by atoms with Gasteiger partial charge in [-0.25, -0.2) is 4.79 Å². The number of carbonyl (C=O) groups excluding carboxylic acids is 1. The molecule has 2 aliphatic rings. The van der Waals surface area contributed by atoms with E-state index in [1.807, 2.05) is 20.8 Å². The maximum absolute atomic E-state index is 12.0. The van der Waals surface area contributed by atoms with Gasteiger partial charge in [0, 0.05) is 25.7 Å². The number of carbonyl (C=O) groups is 1. The van der Waals surface area contributed by atoms with Crippen LogP contribution in [0.25, 0.3) is 0 Å². The molecule has 4 heteroatoms. The van der Waals surface area contributed by atoms with Crippen LogP contribution in [0.2, 0.25) is 0 Å². The Morgan fingerprint density at radius 2 is 2.00 bits per heavy atom. The lowest BCUT2D eigenvalue weighted by atomic mass is 9.87. The fourth-order valence-corrected chi connectivity index (χ4v) is 3.10. The molecular formula is C18H32N2O2. The first-order valence-electron chi connectivity index (χ1n) is 8.73. The van der Waals surface area contributed by atoms with Gasteiger partial charge in [0.15, 0.2) is 0 Å². The van der Waals surface area contributed by atoms with Crippen molar-refractivity contribution in [2.24, 2.45) is 5.92 Å². The standard InChI is InChI=1S/C18H32N2O2/c1-14-5-7-16(8-6-14)19-13-15-9-11-20(12-10-15)17(21)22-18(2,3)4/h9,14,16,19H,5-8,10-13H2,1-4H3. The molecule has 1 heterocycles. The first-order chi connectivity index (χ1) is 10.3. The van der Waals surface area contributed by atoms with Crippen molar-refractivity contribution in [3.63, 3.8) is 0 Å². The highest BCUT2D eigenvalue weighted by Crippen LogP contribution is 2.23. The summed E-state index contributed by atoms with van der Waals surface area (Å²) in [5.41, 5.74) is 1.01. The fourth-order valence-electron chi connectivity index (χ4n) is 3.10. The number of hydrogen-bond donors (Lipinski definition) is 1. The minimum Gasteiger partial charge on any atom is -0.444 e. The number of nitrogens with one attached hydrogen (secondary N) is 1. The Morgan fingerprint density at radius 3 is 2.55 bits per heavy atom. The van der Waals surface area contributed by atoms with Crippen molar-refractivity contribution in [3.8, 4) is 0 Å². The van der Waals surface area contributed by atoms with Crippen LogP contribution in [0.5, 0.6) is 0 Å².